The van der Waals surface area contributed by atoms with Gasteiger partial charge in [0.1, 0.15) is 11.4 Å². The summed E-state index contributed by atoms with van der Waals surface area (Å²) in [5.74, 6) is 1.54. The highest BCUT2D eigenvalue weighted by atomic mass is 16.6. The molecule has 1 aromatic heterocycles. The fourth-order valence-corrected chi connectivity index (χ4v) is 4.26. The molecule has 0 amide bonds. The Morgan fingerprint density at radius 3 is 2.47 bits per heavy atom. The van der Waals surface area contributed by atoms with Gasteiger partial charge in [0.2, 0.25) is 0 Å². The standard InChI is InChI=1S/C24H39NO5/c1-15(2)8-10-17-11-9-16(3)21-22(25-30-23(17)21)18(12-13-19(26)28-7)14-20(27)29-24(4,5)6/h15-18H,8-14H2,1-7H3/t16?,17?,18-/m0/s1. The molecule has 30 heavy (non-hydrogen) atoms. The summed E-state index contributed by atoms with van der Waals surface area (Å²) in [6.07, 6.45) is 5.32. The van der Waals surface area contributed by atoms with E-state index in [0.29, 0.717) is 24.2 Å². The molecule has 1 aromatic rings. The number of carbonyl (C=O) groups excluding carboxylic acids is 2. The maximum absolute atomic E-state index is 12.6. The average molecular weight is 422 g/mol. The molecule has 170 valence electrons. The summed E-state index contributed by atoms with van der Waals surface area (Å²) in [5.41, 5.74) is 1.41. The molecule has 0 N–H and O–H groups in total. The molecular formula is C24H39NO5. The molecule has 0 radical (unpaired) electrons. The predicted molar refractivity (Wildman–Crippen MR) is 115 cm³/mol. The van der Waals surface area contributed by atoms with Crippen LogP contribution in [-0.4, -0.2) is 29.8 Å². The van der Waals surface area contributed by atoms with Crippen molar-refractivity contribution in [2.45, 2.75) is 110 Å². The molecule has 1 aliphatic rings. The van der Waals surface area contributed by atoms with Crippen LogP contribution in [0, 0.1) is 5.92 Å². The Labute approximate surface area is 181 Å². The van der Waals surface area contributed by atoms with Gasteiger partial charge in [-0.1, -0.05) is 32.3 Å². The molecular weight excluding hydrogens is 382 g/mol. The van der Waals surface area contributed by atoms with Crippen molar-refractivity contribution in [2.24, 2.45) is 5.92 Å². The zero-order valence-electron chi connectivity index (χ0n) is 19.7. The highest BCUT2D eigenvalue weighted by Gasteiger charge is 2.35. The normalized spacial score (nSPS) is 20.0. The summed E-state index contributed by atoms with van der Waals surface area (Å²) in [4.78, 5) is 24.3. The molecule has 0 aromatic carbocycles. The lowest BCUT2D eigenvalue weighted by molar-refractivity contribution is -0.155. The molecule has 6 nitrogen and oxygen atoms in total. The van der Waals surface area contributed by atoms with E-state index >= 15 is 0 Å². The third-order valence-corrected chi connectivity index (χ3v) is 5.83. The summed E-state index contributed by atoms with van der Waals surface area (Å²) in [6.45, 7) is 12.2. The van der Waals surface area contributed by atoms with E-state index in [-0.39, 0.29) is 30.7 Å². The number of methoxy groups -OCH3 is 1. The fraction of sp³-hybridized carbons (Fsp3) is 0.792. The Bertz CT molecular complexity index is 716. The topological polar surface area (TPSA) is 78.6 Å². The van der Waals surface area contributed by atoms with Gasteiger partial charge in [-0.15, -0.1) is 0 Å². The second kappa shape index (κ2) is 10.5. The number of esters is 2. The zero-order chi connectivity index (χ0) is 22.5. The van der Waals surface area contributed by atoms with Crippen LogP contribution in [0.4, 0.5) is 0 Å². The molecule has 3 atom stereocenters. The SMILES string of the molecule is COC(=O)CC[C@@H](CC(=O)OC(C)(C)C)c1noc2c1C(C)CCC2CCC(C)C. The van der Waals surface area contributed by atoms with E-state index in [9.17, 15) is 9.59 Å². The second-order valence-electron chi connectivity index (χ2n) is 10.1. The minimum Gasteiger partial charge on any atom is -0.469 e. The van der Waals surface area contributed by atoms with Gasteiger partial charge < -0.3 is 14.0 Å². The maximum atomic E-state index is 12.6. The lowest BCUT2D eigenvalue weighted by Gasteiger charge is -2.27. The number of rotatable bonds is 9. The van der Waals surface area contributed by atoms with E-state index < -0.39 is 5.60 Å². The molecule has 0 aliphatic heterocycles. The molecule has 6 heteroatoms. The van der Waals surface area contributed by atoms with Gasteiger partial charge in [-0.3, -0.25) is 9.59 Å². The van der Waals surface area contributed by atoms with Gasteiger partial charge in [0.25, 0.3) is 0 Å². The average Bonchev–Trinajstić information content (AvgIpc) is 3.08. The van der Waals surface area contributed by atoms with Crippen molar-refractivity contribution in [3.63, 3.8) is 0 Å². The number of hydrogen-bond acceptors (Lipinski definition) is 6. The van der Waals surface area contributed by atoms with Crippen molar-refractivity contribution in [3.8, 4) is 0 Å². The van der Waals surface area contributed by atoms with Crippen LogP contribution in [0.1, 0.15) is 121 Å². The van der Waals surface area contributed by atoms with E-state index in [1.165, 1.54) is 7.11 Å². The van der Waals surface area contributed by atoms with Gasteiger partial charge in [0.15, 0.2) is 0 Å². The van der Waals surface area contributed by atoms with Gasteiger partial charge in [-0.2, -0.15) is 0 Å². The van der Waals surface area contributed by atoms with E-state index in [2.05, 4.69) is 25.9 Å². The third-order valence-electron chi connectivity index (χ3n) is 5.83. The Hall–Kier alpha value is -1.85. The van der Waals surface area contributed by atoms with E-state index in [1.807, 2.05) is 20.8 Å². The van der Waals surface area contributed by atoms with E-state index in [4.69, 9.17) is 14.0 Å². The fourth-order valence-electron chi connectivity index (χ4n) is 4.26. The number of hydrogen-bond donors (Lipinski definition) is 0. The van der Waals surface area contributed by atoms with Crippen molar-refractivity contribution in [1.29, 1.82) is 0 Å². The van der Waals surface area contributed by atoms with Gasteiger partial charge in [0, 0.05) is 23.8 Å². The zero-order valence-corrected chi connectivity index (χ0v) is 19.7. The van der Waals surface area contributed by atoms with Crippen molar-refractivity contribution < 1.29 is 23.6 Å². The minimum atomic E-state index is -0.553. The van der Waals surface area contributed by atoms with Gasteiger partial charge >= 0.3 is 11.9 Å². The molecule has 0 spiro atoms. The Kier molecular flexibility index (Phi) is 8.51. The first kappa shape index (κ1) is 24.4. The van der Waals surface area contributed by atoms with Crippen LogP contribution in [0.15, 0.2) is 4.52 Å². The minimum absolute atomic E-state index is 0.177. The highest BCUT2D eigenvalue weighted by Crippen LogP contribution is 2.45. The van der Waals surface area contributed by atoms with Crippen molar-refractivity contribution >= 4 is 11.9 Å². The number of ether oxygens (including phenoxy) is 2. The van der Waals surface area contributed by atoms with Crippen molar-refractivity contribution in [1.82, 2.24) is 5.16 Å². The van der Waals surface area contributed by atoms with E-state index in [0.717, 1.165) is 42.7 Å². The second-order valence-corrected chi connectivity index (χ2v) is 10.1. The number of aromatic nitrogens is 1. The summed E-state index contributed by atoms with van der Waals surface area (Å²) >= 11 is 0. The van der Waals surface area contributed by atoms with E-state index in [1.54, 1.807) is 0 Å². The molecule has 0 saturated heterocycles. The van der Waals surface area contributed by atoms with Crippen LogP contribution in [0.25, 0.3) is 0 Å². The highest BCUT2D eigenvalue weighted by molar-refractivity contribution is 5.72. The summed E-state index contributed by atoms with van der Waals surface area (Å²) in [6, 6.07) is 0. The molecule has 0 fully saturated rings. The first-order valence-electron chi connectivity index (χ1n) is 11.3. The quantitative estimate of drug-likeness (QED) is 0.465. The molecule has 0 saturated carbocycles. The monoisotopic (exact) mass is 421 g/mol. The summed E-state index contributed by atoms with van der Waals surface area (Å²) in [7, 11) is 1.38. The van der Waals surface area contributed by atoms with Crippen LogP contribution in [0.5, 0.6) is 0 Å². The van der Waals surface area contributed by atoms with Gasteiger partial charge in [-0.05, 0) is 58.3 Å². The third kappa shape index (κ3) is 6.85. The molecule has 0 bridgehead atoms. The summed E-state index contributed by atoms with van der Waals surface area (Å²) in [5, 5.41) is 4.44. The first-order valence-corrected chi connectivity index (χ1v) is 11.3. The van der Waals surface area contributed by atoms with Crippen molar-refractivity contribution in [2.75, 3.05) is 7.11 Å². The van der Waals surface area contributed by atoms with Crippen LogP contribution >= 0.6 is 0 Å². The number of carbonyl (C=O) groups is 2. The largest absolute Gasteiger partial charge is 0.469 e. The number of nitrogens with zero attached hydrogens (tertiary/aromatic N) is 1. The smallest absolute Gasteiger partial charge is 0.306 e. The molecule has 1 heterocycles. The molecule has 1 aliphatic carbocycles. The van der Waals surface area contributed by atoms with Crippen LogP contribution < -0.4 is 0 Å². The number of fused-ring (bicyclic) bond motifs is 1. The predicted octanol–water partition coefficient (Wildman–Crippen LogP) is 5.86. The Morgan fingerprint density at radius 2 is 1.87 bits per heavy atom. The van der Waals surface area contributed by atoms with Crippen LogP contribution in [-0.2, 0) is 19.1 Å². The van der Waals surface area contributed by atoms with Gasteiger partial charge in [0.05, 0.1) is 19.2 Å². The maximum Gasteiger partial charge on any atom is 0.306 e. The van der Waals surface area contributed by atoms with Crippen molar-refractivity contribution in [3.05, 3.63) is 17.0 Å². The Morgan fingerprint density at radius 1 is 1.17 bits per heavy atom. The lowest BCUT2D eigenvalue weighted by atomic mass is 9.76. The van der Waals surface area contributed by atoms with Crippen LogP contribution in [0.2, 0.25) is 0 Å². The van der Waals surface area contributed by atoms with Crippen LogP contribution in [0.3, 0.4) is 0 Å². The summed E-state index contributed by atoms with van der Waals surface area (Å²) < 4.78 is 16.2. The molecule has 2 unspecified atom stereocenters. The van der Waals surface area contributed by atoms with Gasteiger partial charge in [-0.25, -0.2) is 0 Å². The first-order chi connectivity index (χ1) is 14.0. The Balaban J connectivity index is 2.28. The lowest BCUT2D eigenvalue weighted by Crippen LogP contribution is -2.25. The molecule has 2 rings (SSSR count).